The van der Waals surface area contributed by atoms with Crippen LogP contribution in [0.2, 0.25) is 0 Å². The number of ketones is 1. The number of carboxylic acid groups (broad SMARTS) is 1. The molecule has 0 atom stereocenters. The molecule has 0 bridgehead atoms. The van der Waals surface area contributed by atoms with Crippen molar-refractivity contribution in [3.63, 3.8) is 0 Å². The van der Waals surface area contributed by atoms with E-state index in [-0.39, 0.29) is 12.2 Å². The summed E-state index contributed by atoms with van der Waals surface area (Å²) in [7, 11) is 0. The highest BCUT2D eigenvalue weighted by Crippen LogP contribution is 2.41. The summed E-state index contributed by atoms with van der Waals surface area (Å²) in [6.45, 7) is 1.78. The third-order valence-electron chi connectivity index (χ3n) is 5.37. The Morgan fingerprint density at radius 3 is 2.48 bits per heavy atom. The molecule has 0 aromatic carbocycles. The molecular formula is C20H22N2O4S. The number of carbonyl (C=O) groups excluding carboxylic acids is 1. The van der Waals surface area contributed by atoms with Gasteiger partial charge in [-0.25, -0.2) is 4.79 Å². The molecule has 0 unspecified atom stereocenters. The molecule has 0 saturated carbocycles. The van der Waals surface area contributed by atoms with Crippen molar-refractivity contribution in [3.05, 3.63) is 32.3 Å². The van der Waals surface area contributed by atoms with Crippen molar-refractivity contribution in [1.29, 1.82) is 0 Å². The zero-order valence-corrected chi connectivity index (χ0v) is 16.2. The molecule has 0 fully saturated rings. The van der Waals surface area contributed by atoms with E-state index < -0.39 is 5.97 Å². The lowest BCUT2D eigenvalue weighted by molar-refractivity contribution is -0.133. The topological polar surface area (TPSA) is 93.3 Å². The molecule has 2 heterocycles. The van der Waals surface area contributed by atoms with Gasteiger partial charge in [-0.3, -0.25) is 4.79 Å². The Balaban J connectivity index is 1.73. The van der Waals surface area contributed by atoms with Crippen molar-refractivity contribution in [3.8, 4) is 11.5 Å². The second-order valence-corrected chi connectivity index (χ2v) is 8.41. The molecule has 27 heavy (non-hydrogen) atoms. The quantitative estimate of drug-likeness (QED) is 0.833. The number of aromatic nitrogens is 2. The maximum Gasteiger partial charge on any atom is 0.331 e. The Labute approximate surface area is 161 Å². The Morgan fingerprint density at radius 1 is 1.07 bits per heavy atom. The van der Waals surface area contributed by atoms with Crippen LogP contribution in [0.15, 0.2) is 15.7 Å². The van der Waals surface area contributed by atoms with Crippen LogP contribution in [-0.4, -0.2) is 27.0 Å². The Bertz CT molecular complexity index is 938. The van der Waals surface area contributed by atoms with E-state index in [2.05, 4.69) is 10.1 Å². The van der Waals surface area contributed by atoms with Gasteiger partial charge in [-0.05, 0) is 63.9 Å². The molecule has 0 spiro atoms. The van der Waals surface area contributed by atoms with Crippen LogP contribution in [0.3, 0.4) is 0 Å². The largest absolute Gasteiger partial charge is 0.478 e. The van der Waals surface area contributed by atoms with Gasteiger partial charge >= 0.3 is 5.97 Å². The molecule has 6 nitrogen and oxygen atoms in total. The van der Waals surface area contributed by atoms with Gasteiger partial charge in [-0.15, -0.1) is 11.3 Å². The van der Waals surface area contributed by atoms with Crippen molar-refractivity contribution in [1.82, 2.24) is 10.1 Å². The molecule has 0 saturated heterocycles. The Morgan fingerprint density at radius 2 is 1.78 bits per heavy atom. The summed E-state index contributed by atoms with van der Waals surface area (Å²) in [5, 5.41) is 13.4. The zero-order valence-electron chi connectivity index (χ0n) is 15.3. The average molecular weight is 386 g/mol. The Kier molecular flexibility index (Phi) is 4.95. The summed E-state index contributed by atoms with van der Waals surface area (Å²) in [5.41, 5.74) is 2.93. The first-order valence-corrected chi connectivity index (χ1v) is 10.3. The van der Waals surface area contributed by atoms with Crippen LogP contribution in [0.25, 0.3) is 11.5 Å². The SMILES string of the molecule is Cc1noc(-c2c(CC(=O)C3=C(C(=O)O)CCCC3)sc3c2CCCC3)n1. The highest BCUT2D eigenvalue weighted by atomic mass is 32.1. The van der Waals surface area contributed by atoms with Gasteiger partial charge < -0.3 is 9.63 Å². The summed E-state index contributed by atoms with van der Waals surface area (Å²) in [4.78, 5) is 31.2. The molecule has 142 valence electrons. The van der Waals surface area contributed by atoms with E-state index in [9.17, 15) is 14.7 Å². The maximum atomic E-state index is 13.0. The van der Waals surface area contributed by atoms with Crippen LogP contribution in [0.4, 0.5) is 0 Å². The molecule has 1 N–H and O–H groups in total. The number of carboxylic acids is 1. The van der Waals surface area contributed by atoms with Crippen LogP contribution in [0.5, 0.6) is 0 Å². The molecule has 2 aromatic rings. The number of aryl methyl sites for hydroxylation is 2. The summed E-state index contributed by atoms with van der Waals surface area (Å²) >= 11 is 1.65. The fourth-order valence-electron chi connectivity index (χ4n) is 4.10. The fourth-order valence-corrected chi connectivity index (χ4v) is 5.48. The van der Waals surface area contributed by atoms with Crippen molar-refractivity contribution in [2.75, 3.05) is 0 Å². The van der Waals surface area contributed by atoms with Crippen LogP contribution in [-0.2, 0) is 28.9 Å². The lowest BCUT2D eigenvalue weighted by Crippen LogP contribution is -2.17. The molecule has 2 aromatic heterocycles. The fraction of sp³-hybridized carbons (Fsp3) is 0.500. The molecule has 4 rings (SSSR count). The molecule has 2 aliphatic carbocycles. The van der Waals surface area contributed by atoms with Gasteiger partial charge in [-0.1, -0.05) is 5.16 Å². The van der Waals surface area contributed by atoms with E-state index in [1.54, 1.807) is 18.3 Å². The van der Waals surface area contributed by atoms with Gasteiger partial charge in [0.1, 0.15) is 0 Å². The van der Waals surface area contributed by atoms with Gasteiger partial charge in [-0.2, -0.15) is 4.98 Å². The third kappa shape index (κ3) is 3.48. The van der Waals surface area contributed by atoms with Crippen LogP contribution >= 0.6 is 11.3 Å². The minimum absolute atomic E-state index is 0.0804. The first kappa shape index (κ1) is 18.1. The number of allylic oxidation sites excluding steroid dienone is 1. The van der Waals surface area contributed by atoms with Crippen molar-refractivity contribution in [2.45, 2.75) is 64.7 Å². The third-order valence-corrected chi connectivity index (χ3v) is 6.66. The number of rotatable bonds is 5. The first-order chi connectivity index (χ1) is 13.0. The lowest BCUT2D eigenvalue weighted by Gasteiger charge is -2.16. The van der Waals surface area contributed by atoms with Crippen LogP contribution < -0.4 is 0 Å². The lowest BCUT2D eigenvalue weighted by atomic mass is 9.87. The number of nitrogens with zero attached hydrogens (tertiary/aromatic N) is 2. The number of thiophene rings is 1. The van der Waals surface area contributed by atoms with E-state index in [0.29, 0.717) is 35.7 Å². The van der Waals surface area contributed by atoms with Gasteiger partial charge in [0.05, 0.1) is 5.56 Å². The summed E-state index contributed by atoms with van der Waals surface area (Å²) < 4.78 is 5.43. The number of aliphatic carboxylic acids is 1. The summed E-state index contributed by atoms with van der Waals surface area (Å²) in [5.74, 6) is 0.00595. The second kappa shape index (κ2) is 7.38. The van der Waals surface area contributed by atoms with Gasteiger partial charge in [0.2, 0.25) is 0 Å². The predicted octanol–water partition coefficient (Wildman–Crippen LogP) is 4.05. The number of hydrogen-bond donors (Lipinski definition) is 1. The molecule has 0 aliphatic heterocycles. The number of Topliss-reactive ketones (excluding diaryl/α,β-unsaturated/α-hetero) is 1. The van der Waals surface area contributed by atoms with Crippen LogP contribution in [0, 0.1) is 6.92 Å². The monoisotopic (exact) mass is 386 g/mol. The highest BCUT2D eigenvalue weighted by molar-refractivity contribution is 7.12. The summed E-state index contributed by atoms with van der Waals surface area (Å²) in [6, 6.07) is 0. The molecule has 2 aliphatic rings. The molecular weight excluding hydrogens is 364 g/mol. The zero-order chi connectivity index (χ0) is 19.0. The van der Waals surface area contributed by atoms with Gasteiger partial charge in [0.15, 0.2) is 11.6 Å². The molecule has 0 radical (unpaired) electrons. The van der Waals surface area contributed by atoms with Crippen molar-refractivity contribution in [2.24, 2.45) is 0 Å². The number of fused-ring (bicyclic) bond motifs is 1. The Hall–Kier alpha value is -2.28. The van der Waals surface area contributed by atoms with Crippen molar-refractivity contribution >= 4 is 23.1 Å². The number of carbonyl (C=O) groups is 2. The van der Waals surface area contributed by atoms with Crippen LogP contribution in [0.1, 0.15) is 59.7 Å². The van der Waals surface area contributed by atoms with Gasteiger partial charge in [0.25, 0.3) is 5.89 Å². The average Bonchev–Trinajstić information content (AvgIpc) is 3.24. The predicted molar refractivity (Wildman–Crippen MR) is 101 cm³/mol. The first-order valence-electron chi connectivity index (χ1n) is 9.47. The van der Waals surface area contributed by atoms with E-state index >= 15 is 0 Å². The maximum absolute atomic E-state index is 13.0. The standard InChI is InChI=1S/C20H22N2O4S/c1-11-21-19(26-22-11)18-14-8-4-5-9-16(14)27-17(18)10-15(23)12-6-2-3-7-13(12)20(24)25/h2-10H2,1H3,(H,24,25). The van der Waals surface area contributed by atoms with Crippen molar-refractivity contribution < 1.29 is 19.2 Å². The minimum atomic E-state index is -0.962. The summed E-state index contributed by atoms with van der Waals surface area (Å²) in [6.07, 6.45) is 7.18. The second-order valence-electron chi connectivity index (χ2n) is 7.23. The molecule has 7 heteroatoms. The van der Waals surface area contributed by atoms with Gasteiger partial charge in [0, 0.05) is 27.3 Å². The van der Waals surface area contributed by atoms with E-state index in [0.717, 1.165) is 49.0 Å². The van der Waals surface area contributed by atoms with E-state index in [1.165, 1.54) is 10.4 Å². The molecule has 0 amide bonds. The normalized spacial score (nSPS) is 17.1. The van der Waals surface area contributed by atoms with E-state index in [1.807, 2.05) is 0 Å². The smallest absolute Gasteiger partial charge is 0.331 e. The highest BCUT2D eigenvalue weighted by Gasteiger charge is 2.29. The number of hydrogen-bond acceptors (Lipinski definition) is 6. The van der Waals surface area contributed by atoms with E-state index in [4.69, 9.17) is 4.52 Å². The minimum Gasteiger partial charge on any atom is -0.478 e.